The summed E-state index contributed by atoms with van der Waals surface area (Å²) in [5.74, 6) is 0.885. The minimum absolute atomic E-state index is 0.885. The van der Waals surface area contributed by atoms with E-state index in [2.05, 4.69) is 24.4 Å². The van der Waals surface area contributed by atoms with Crippen molar-refractivity contribution in [2.45, 2.75) is 19.9 Å². The first-order valence-corrected chi connectivity index (χ1v) is 5.37. The van der Waals surface area contributed by atoms with Gasteiger partial charge in [-0.15, -0.1) is 0 Å². The zero-order valence-corrected chi connectivity index (χ0v) is 9.79. The molecule has 0 radical (unpaired) electrons. The SMILES string of the molecule is CCCNCc1cccc(ON(C)C)c1. The third-order valence-corrected chi connectivity index (χ3v) is 1.94. The average molecular weight is 208 g/mol. The van der Waals surface area contributed by atoms with Gasteiger partial charge in [0.2, 0.25) is 0 Å². The molecule has 84 valence electrons. The Morgan fingerprint density at radius 1 is 1.33 bits per heavy atom. The number of nitrogens with one attached hydrogen (secondary N) is 1. The summed E-state index contributed by atoms with van der Waals surface area (Å²) in [7, 11) is 3.75. The van der Waals surface area contributed by atoms with Gasteiger partial charge in [0, 0.05) is 20.6 Å². The Kier molecular flexibility index (Phi) is 5.15. The molecule has 0 aliphatic rings. The van der Waals surface area contributed by atoms with Crippen molar-refractivity contribution in [2.24, 2.45) is 0 Å². The fourth-order valence-electron chi connectivity index (χ4n) is 1.33. The topological polar surface area (TPSA) is 24.5 Å². The zero-order valence-electron chi connectivity index (χ0n) is 9.79. The third kappa shape index (κ3) is 4.81. The summed E-state index contributed by atoms with van der Waals surface area (Å²) in [4.78, 5) is 5.47. The van der Waals surface area contributed by atoms with Crippen molar-refractivity contribution >= 4 is 0 Å². The molecule has 0 aliphatic carbocycles. The molecule has 3 nitrogen and oxygen atoms in total. The molecule has 1 rings (SSSR count). The van der Waals surface area contributed by atoms with Crippen LogP contribution in [0.1, 0.15) is 18.9 Å². The molecule has 0 spiro atoms. The molecule has 0 saturated heterocycles. The lowest BCUT2D eigenvalue weighted by Crippen LogP contribution is -2.17. The second kappa shape index (κ2) is 6.43. The molecule has 0 amide bonds. The quantitative estimate of drug-likeness (QED) is 0.572. The standard InChI is InChI=1S/C12H20N2O/c1-4-8-13-10-11-6-5-7-12(9-11)15-14(2)3/h5-7,9,13H,4,8,10H2,1-3H3. The number of nitrogens with zero attached hydrogens (tertiary/aromatic N) is 1. The lowest BCUT2D eigenvalue weighted by Gasteiger charge is -2.12. The van der Waals surface area contributed by atoms with E-state index in [0.717, 1.165) is 25.3 Å². The van der Waals surface area contributed by atoms with Crippen LogP contribution in [0.4, 0.5) is 0 Å². The van der Waals surface area contributed by atoms with Crippen molar-refractivity contribution in [1.29, 1.82) is 0 Å². The smallest absolute Gasteiger partial charge is 0.147 e. The van der Waals surface area contributed by atoms with E-state index < -0.39 is 0 Å². The van der Waals surface area contributed by atoms with Crippen LogP contribution in [0.3, 0.4) is 0 Å². The van der Waals surface area contributed by atoms with Gasteiger partial charge in [-0.3, -0.25) is 0 Å². The van der Waals surface area contributed by atoms with Crippen molar-refractivity contribution < 1.29 is 4.84 Å². The van der Waals surface area contributed by atoms with E-state index >= 15 is 0 Å². The lowest BCUT2D eigenvalue weighted by atomic mass is 10.2. The minimum atomic E-state index is 0.885. The van der Waals surface area contributed by atoms with Crippen LogP contribution in [0, 0.1) is 0 Å². The molecule has 0 saturated carbocycles. The van der Waals surface area contributed by atoms with E-state index in [0.29, 0.717) is 0 Å². The van der Waals surface area contributed by atoms with Gasteiger partial charge in [-0.1, -0.05) is 19.1 Å². The van der Waals surface area contributed by atoms with E-state index in [4.69, 9.17) is 4.84 Å². The van der Waals surface area contributed by atoms with Gasteiger partial charge < -0.3 is 10.2 Å². The van der Waals surface area contributed by atoms with E-state index in [1.165, 1.54) is 5.56 Å². The maximum atomic E-state index is 5.47. The first-order chi connectivity index (χ1) is 7.22. The Hall–Kier alpha value is -1.06. The summed E-state index contributed by atoms with van der Waals surface area (Å²) in [6.07, 6.45) is 1.16. The maximum absolute atomic E-state index is 5.47. The van der Waals surface area contributed by atoms with Crippen molar-refractivity contribution in [3.8, 4) is 5.75 Å². The molecular formula is C12H20N2O. The molecule has 15 heavy (non-hydrogen) atoms. The summed E-state index contributed by atoms with van der Waals surface area (Å²) >= 11 is 0. The van der Waals surface area contributed by atoms with E-state index in [-0.39, 0.29) is 0 Å². The number of benzene rings is 1. The monoisotopic (exact) mass is 208 g/mol. The molecule has 1 aromatic rings. The van der Waals surface area contributed by atoms with Crippen LogP contribution in [0.15, 0.2) is 24.3 Å². The average Bonchev–Trinajstić information content (AvgIpc) is 2.18. The number of rotatable bonds is 6. The van der Waals surface area contributed by atoms with E-state index in [1.54, 1.807) is 5.06 Å². The molecule has 0 aliphatic heterocycles. The van der Waals surface area contributed by atoms with Gasteiger partial charge in [-0.2, -0.15) is 5.06 Å². The molecule has 1 aromatic carbocycles. The Balaban J connectivity index is 2.50. The van der Waals surface area contributed by atoms with Gasteiger partial charge in [-0.25, -0.2) is 0 Å². The van der Waals surface area contributed by atoms with Crippen LogP contribution >= 0.6 is 0 Å². The zero-order chi connectivity index (χ0) is 11.1. The Morgan fingerprint density at radius 3 is 2.80 bits per heavy atom. The van der Waals surface area contributed by atoms with Gasteiger partial charge in [0.05, 0.1) is 0 Å². The van der Waals surface area contributed by atoms with Crippen LogP contribution in [0.25, 0.3) is 0 Å². The van der Waals surface area contributed by atoms with Crippen molar-refractivity contribution in [2.75, 3.05) is 20.6 Å². The van der Waals surface area contributed by atoms with Gasteiger partial charge in [0.25, 0.3) is 0 Å². The fourth-order valence-corrected chi connectivity index (χ4v) is 1.33. The number of hydrogen-bond acceptors (Lipinski definition) is 3. The van der Waals surface area contributed by atoms with E-state index in [9.17, 15) is 0 Å². The number of hydrogen-bond donors (Lipinski definition) is 1. The molecule has 3 heteroatoms. The van der Waals surface area contributed by atoms with Gasteiger partial charge in [0.1, 0.15) is 5.75 Å². The van der Waals surface area contributed by atoms with Crippen molar-refractivity contribution in [3.05, 3.63) is 29.8 Å². The Bertz CT molecular complexity index is 287. The maximum Gasteiger partial charge on any atom is 0.147 e. The highest BCUT2D eigenvalue weighted by molar-refractivity contribution is 5.28. The van der Waals surface area contributed by atoms with Gasteiger partial charge in [-0.05, 0) is 30.7 Å². The number of hydroxylamine groups is 2. The molecule has 0 unspecified atom stereocenters. The third-order valence-electron chi connectivity index (χ3n) is 1.94. The highest BCUT2D eigenvalue weighted by Gasteiger charge is 1.97. The van der Waals surface area contributed by atoms with Crippen LogP contribution in [0.2, 0.25) is 0 Å². The largest absolute Gasteiger partial charge is 0.407 e. The van der Waals surface area contributed by atoms with E-state index in [1.807, 2.05) is 26.2 Å². The molecular weight excluding hydrogens is 188 g/mol. The summed E-state index contributed by atoms with van der Waals surface area (Å²) in [6, 6.07) is 8.14. The highest BCUT2D eigenvalue weighted by Crippen LogP contribution is 2.13. The summed E-state index contributed by atoms with van der Waals surface area (Å²) in [5.41, 5.74) is 1.25. The normalized spacial score (nSPS) is 10.7. The van der Waals surface area contributed by atoms with Crippen molar-refractivity contribution in [3.63, 3.8) is 0 Å². The fraction of sp³-hybridized carbons (Fsp3) is 0.500. The first-order valence-electron chi connectivity index (χ1n) is 5.37. The van der Waals surface area contributed by atoms with Crippen molar-refractivity contribution in [1.82, 2.24) is 10.4 Å². The molecule has 1 N–H and O–H groups in total. The Labute approximate surface area is 92.0 Å². The second-order valence-corrected chi connectivity index (χ2v) is 3.73. The molecule has 0 bridgehead atoms. The van der Waals surface area contributed by atoms with Crippen LogP contribution in [0.5, 0.6) is 5.75 Å². The van der Waals surface area contributed by atoms with Crippen LogP contribution < -0.4 is 10.2 Å². The summed E-state index contributed by atoms with van der Waals surface area (Å²) in [5, 5.41) is 5.06. The minimum Gasteiger partial charge on any atom is -0.407 e. The summed E-state index contributed by atoms with van der Waals surface area (Å²) in [6.45, 7) is 4.12. The summed E-state index contributed by atoms with van der Waals surface area (Å²) < 4.78 is 0. The van der Waals surface area contributed by atoms with Crippen LogP contribution in [-0.2, 0) is 6.54 Å². The second-order valence-electron chi connectivity index (χ2n) is 3.73. The predicted octanol–water partition coefficient (Wildman–Crippen LogP) is 2.04. The molecule has 0 fully saturated rings. The first kappa shape index (κ1) is 12.0. The highest BCUT2D eigenvalue weighted by atomic mass is 16.7. The molecule has 0 atom stereocenters. The lowest BCUT2D eigenvalue weighted by molar-refractivity contribution is -0.00333. The predicted molar refractivity (Wildman–Crippen MR) is 62.8 cm³/mol. The van der Waals surface area contributed by atoms with Gasteiger partial charge in [0.15, 0.2) is 0 Å². The molecule has 0 heterocycles. The molecule has 0 aromatic heterocycles. The Morgan fingerprint density at radius 2 is 2.13 bits per heavy atom. The van der Waals surface area contributed by atoms with Gasteiger partial charge >= 0.3 is 0 Å². The van der Waals surface area contributed by atoms with Crippen LogP contribution in [-0.4, -0.2) is 25.7 Å².